The Labute approximate surface area is 165 Å². The highest BCUT2D eigenvalue weighted by Crippen LogP contribution is 2.46. The first-order valence-corrected chi connectivity index (χ1v) is 9.54. The molecule has 2 heteroatoms. The second kappa shape index (κ2) is 6.58. The van der Waals surface area contributed by atoms with Gasteiger partial charge in [0, 0.05) is 11.1 Å². The summed E-state index contributed by atoms with van der Waals surface area (Å²) in [5.74, 6) is 1.77. The molecule has 0 aliphatic carbocycles. The lowest BCUT2D eigenvalue weighted by Crippen LogP contribution is -2.12. The molecule has 1 aliphatic heterocycles. The Morgan fingerprint density at radius 3 is 2.29 bits per heavy atom. The Kier molecular flexibility index (Phi) is 3.91. The van der Waals surface area contributed by atoms with Gasteiger partial charge in [0.25, 0.3) is 0 Å². The highest BCUT2D eigenvalue weighted by Gasteiger charge is 2.25. The summed E-state index contributed by atoms with van der Waals surface area (Å²) in [5.41, 5.74) is 8.12. The molecule has 136 valence electrons. The summed E-state index contributed by atoms with van der Waals surface area (Å²) in [7, 11) is 0. The largest absolute Gasteiger partial charge is 0.444 e. The van der Waals surface area contributed by atoms with Crippen molar-refractivity contribution in [2.45, 2.75) is 13.8 Å². The highest BCUT2D eigenvalue weighted by atomic mass is 16.4. The maximum Gasteiger partial charge on any atom is 0.211 e. The lowest BCUT2D eigenvalue weighted by molar-refractivity contribution is 0.541. The summed E-state index contributed by atoms with van der Waals surface area (Å²) in [6.07, 6.45) is 4.33. The number of hydrogen-bond acceptors (Lipinski definition) is 2. The Hall–Kier alpha value is -3.52. The Bertz CT molecular complexity index is 1180. The number of aryl methyl sites for hydroxylation is 2. The first kappa shape index (κ1) is 16.6. The number of anilines is 3. The van der Waals surface area contributed by atoms with E-state index in [0.29, 0.717) is 0 Å². The maximum atomic E-state index is 6.21. The Morgan fingerprint density at radius 2 is 1.43 bits per heavy atom. The molecule has 0 amide bonds. The fourth-order valence-electron chi connectivity index (χ4n) is 3.89. The van der Waals surface area contributed by atoms with Gasteiger partial charge in [0.15, 0.2) is 0 Å². The molecule has 0 N–H and O–H groups in total. The van der Waals surface area contributed by atoms with Crippen LogP contribution in [0.15, 0.2) is 83.3 Å². The minimum atomic E-state index is 0.861. The van der Waals surface area contributed by atoms with Crippen molar-refractivity contribution < 1.29 is 4.42 Å². The van der Waals surface area contributed by atoms with E-state index >= 15 is 0 Å². The van der Waals surface area contributed by atoms with E-state index in [1.165, 1.54) is 22.3 Å². The summed E-state index contributed by atoms with van der Waals surface area (Å²) in [6.45, 7) is 4.13. The lowest BCUT2D eigenvalue weighted by atomic mass is 10.0. The topological polar surface area (TPSA) is 16.4 Å². The van der Waals surface area contributed by atoms with E-state index in [4.69, 9.17) is 4.42 Å². The van der Waals surface area contributed by atoms with E-state index in [9.17, 15) is 0 Å². The monoisotopic (exact) mass is 363 g/mol. The van der Waals surface area contributed by atoms with Crippen LogP contribution in [0.4, 0.5) is 17.3 Å². The van der Waals surface area contributed by atoms with Gasteiger partial charge in [-0.2, -0.15) is 0 Å². The fraction of sp³-hybridized carbons (Fsp3) is 0.0769. The molecule has 0 spiro atoms. The fourth-order valence-corrected chi connectivity index (χ4v) is 3.89. The first-order chi connectivity index (χ1) is 13.7. The van der Waals surface area contributed by atoms with E-state index in [-0.39, 0.29) is 0 Å². The quantitative estimate of drug-likeness (QED) is 0.322. The van der Waals surface area contributed by atoms with Crippen LogP contribution in [0.5, 0.6) is 0 Å². The third-order valence-corrected chi connectivity index (χ3v) is 5.16. The zero-order chi connectivity index (χ0) is 19.1. The zero-order valence-corrected chi connectivity index (χ0v) is 16.0. The van der Waals surface area contributed by atoms with E-state index in [0.717, 1.165) is 28.6 Å². The van der Waals surface area contributed by atoms with Crippen LogP contribution in [-0.2, 0) is 0 Å². The van der Waals surface area contributed by atoms with Crippen LogP contribution in [0, 0.1) is 13.8 Å². The second-order valence-corrected chi connectivity index (χ2v) is 7.23. The first-order valence-electron chi connectivity index (χ1n) is 9.54. The van der Waals surface area contributed by atoms with Crippen molar-refractivity contribution in [3.63, 3.8) is 0 Å². The van der Waals surface area contributed by atoms with Gasteiger partial charge in [-0.25, -0.2) is 0 Å². The SMILES string of the molecule is Cc1ccc2c(c1)C=Cc1cc(C)oc1N2c1ccccc1-c1ccccc1. The van der Waals surface area contributed by atoms with Crippen molar-refractivity contribution >= 4 is 29.4 Å². The molecule has 2 nitrogen and oxygen atoms in total. The van der Waals surface area contributed by atoms with Crippen molar-refractivity contribution in [3.8, 4) is 11.1 Å². The summed E-state index contributed by atoms with van der Waals surface area (Å²) in [5, 5.41) is 0. The zero-order valence-electron chi connectivity index (χ0n) is 16.0. The van der Waals surface area contributed by atoms with Crippen LogP contribution < -0.4 is 4.90 Å². The number of nitrogens with zero attached hydrogens (tertiary/aromatic N) is 1. The lowest BCUT2D eigenvalue weighted by Gasteiger charge is -2.26. The molecule has 4 aromatic rings. The molecule has 0 saturated carbocycles. The van der Waals surface area contributed by atoms with Gasteiger partial charge < -0.3 is 4.42 Å². The minimum absolute atomic E-state index is 0.861. The van der Waals surface area contributed by atoms with Gasteiger partial charge in [-0.3, -0.25) is 4.90 Å². The molecule has 28 heavy (non-hydrogen) atoms. The predicted molar refractivity (Wildman–Crippen MR) is 117 cm³/mol. The van der Waals surface area contributed by atoms with Gasteiger partial charge in [-0.1, -0.05) is 66.2 Å². The molecule has 3 aromatic carbocycles. The van der Waals surface area contributed by atoms with E-state index < -0.39 is 0 Å². The molecule has 2 heterocycles. The second-order valence-electron chi connectivity index (χ2n) is 7.23. The third kappa shape index (κ3) is 2.74. The van der Waals surface area contributed by atoms with Crippen LogP contribution in [0.3, 0.4) is 0 Å². The van der Waals surface area contributed by atoms with Crippen LogP contribution in [0.1, 0.15) is 22.5 Å². The normalized spacial score (nSPS) is 12.4. The van der Waals surface area contributed by atoms with Crippen LogP contribution >= 0.6 is 0 Å². The van der Waals surface area contributed by atoms with Gasteiger partial charge in [-0.15, -0.1) is 0 Å². The smallest absolute Gasteiger partial charge is 0.211 e. The van der Waals surface area contributed by atoms with Crippen molar-refractivity contribution in [1.29, 1.82) is 0 Å². The predicted octanol–water partition coefficient (Wildman–Crippen LogP) is 7.52. The van der Waals surface area contributed by atoms with Crippen LogP contribution in [0.2, 0.25) is 0 Å². The molecular weight excluding hydrogens is 342 g/mol. The molecule has 0 saturated heterocycles. The number of benzene rings is 3. The standard InChI is InChI=1S/C26H21NO/c1-18-12-15-24-21(16-18)13-14-22-17-19(2)28-26(22)27(24)25-11-7-6-10-23(25)20-8-4-3-5-9-20/h3-17H,1-2H3. The Balaban J connectivity index is 1.80. The van der Waals surface area contributed by atoms with Gasteiger partial charge in [0.05, 0.1) is 11.4 Å². The number of hydrogen-bond donors (Lipinski definition) is 0. The molecule has 5 rings (SSSR count). The van der Waals surface area contributed by atoms with E-state index in [1.807, 2.05) is 13.0 Å². The number of fused-ring (bicyclic) bond motifs is 2. The van der Waals surface area contributed by atoms with E-state index in [2.05, 4.69) is 96.8 Å². The third-order valence-electron chi connectivity index (χ3n) is 5.16. The number of rotatable bonds is 2. The van der Waals surface area contributed by atoms with Gasteiger partial charge in [0.1, 0.15) is 5.76 Å². The van der Waals surface area contributed by atoms with Crippen molar-refractivity contribution in [2.24, 2.45) is 0 Å². The van der Waals surface area contributed by atoms with E-state index in [1.54, 1.807) is 0 Å². The molecule has 1 aliphatic rings. The molecule has 0 radical (unpaired) electrons. The summed E-state index contributed by atoms with van der Waals surface area (Å²) < 4.78 is 6.21. The molecule has 0 bridgehead atoms. The van der Waals surface area contributed by atoms with Crippen LogP contribution in [-0.4, -0.2) is 0 Å². The molecular formula is C26H21NO. The maximum absolute atomic E-state index is 6.21. The molecule has 0 atom stereocenters. The van der Waals surface area contributed by atoms with Gasteiger partial charge in [-0.05, 0) is 55.3 Å². The molecule has 1 aromatic heterocycles. The minimum Gasteiger partial charge on any atom is -0.444 e. The molecule has 0 unspecified atom stereocenters. The average Bonchev–Trinajstić information content (AvgIpc) is 3.02. The number of furan rings is 1. The van der Waals surface area contributed by atoms with Gasteiger partial charge in [0.2, 0.25) is 5.88 Å². The molecule has 0 fully saturated rings. The van der Waals surface area contributed by atoms with Crippen molar-refractivity contribution in [1.82, 2.24) is 0 Å². The van der Waals surface area contributed by atoms with Crippen molar-refractivity contribution in [3.05, 3.63) is 101 Å². The van der Waals surface area contributed by atoms with Gasteiger partial charge >= 0.3 is 0 Å². The average molecular weight is 363 g/mol. The van der Waals surface area contributed by atoms with Crippen molar-refractivity contribution in [2.75, 3.05) is 4.90 Å². The van der Waals surface area contributed by atoms with Crippen LogP contribution in [0.25, 0.3) is 23.3 Å². The number of para-hydroxylation sites is 1. The summed E-state index contributed by atoms with van der Waals surface area (Å²) >= 11 is 0. The highest BCUT2D eigenvalue weighted by molar-refractivity contribution is 5.95. The summed E-state index contributed by atoms with van der Waals surface area (Å²) in [6, 6.07) is 27.7. The summed E-state index contributed by atoms with van der Waals surface area (Å²) in [4.78, 5) is 2.25. The Morgan fingerprint density at radius 1 is 0.679 bits per heavy atom.